The monoisotopic (exact) mass is 269 g/mol. The lowest BCUT2D eigenvalue weighted by molar-refractivity contribution is 0.567. The maximum absolute atomic E-state index is 6.13. The molecule has 1 aromatic heterocycles. The fourth-order valence-corrected chi connectivity index (χ4v) is 2.06. The summed E-state index contributed by atoms with van der Waals surface area (Å²) < 4.78 is 0. The second kappa shape index (κ2) is 5.54. The fraction of sp³-hybridized carbons (Fsp3) is 0.250. The third-order valence-corrected chi connectivity index (χ3v) is 3.16. The summed E-state index contributed by atoms with van der Waals surface area (Å²) in [6.45, 7) is 2.76. The molecule has 0 aliphatic heterocycles. The van der Waals surface area contributed by atoms with Gasteiger partial charge in [-0.1, -0.05) is 23.2 Å². The van der Waals surface area contributed by atoms with Crippen LogP contribution in [0.3, 0.4) is 0 Å². The van der Waals surface area contributed by atoms with E-state index in [0.717, 1.165) is 16.3 Å². The SMILES string of the molecule is CC(NCc1ccn[nH]1)c1cc(Cl)ccc1Cl. The highest BCUT2D eigenvalue weighted by molar-refractivity contribution is 6.33. The van der Waals surface area contributed by atoms with E-state index in [0.29, 0.717) is 11.6 Å². The Bertz CT molecular complexity index is 483. The van der Waals surface area contributed by atoms with Gasteiger partial charge in [-0.2, -0.15) is 5.10 Å². The zero-order chi connectivity index (χ0) is 12.3. The molecule has 0 bridgehead atoms. The molecule has 1 aromatic carbocycles. The van der Waals surface area contributed by atoms with Crippen molar-refractivity contribution in [2.75, 3.05) is 0 Å². The lowest BCUT2D eigenvalue weighted by atomic mass is 10.1. The molecule has 17 heavy (non-hydrogen) atoms. The van der Waals surface area contributed by atoms with E-state index in [-0.39, 0.29) is 6.04 Å². The quantitative estimate of drug-likeness (QED) is 0.891. The summed E-state index contributed by atoms with van der Waals surface area (Å²) in [6, 6.07) is 7.54. The molecule has 1 unspecified atom stereocenters. The van der Waals surface area contributed by atoms with Crippen LogP contribution in [-0.2, 0) is 6.54 Å². The first kappa shape index (κ1) is 12.4. The van der Waals surface area contributed by atoms with Crippen molar-refractivity contribution in [1.29, 1.82) is 0 Å². The zero-order valence-electron chi connectivity index (χ0n) is 9.37. The second-order valence-electron chi connectivity index (χ2n) is 3.85. The third-order valence-electron chi connectivity index (χ3n) is 2.58. The van der Waals surface area contributed by atoms with Gasteiger partial charge in [0, 0.05) is 34.5 Å². The van der Waals surface area contributed by atoms with Crippen LogP contribution in [-0.4, -0.2) is 10.2 Å². The smallest absolute Gasteiger partial charge is 0.0490 e. The van der Waals surface area contributed by atoms with Gasteiger partial charge in [-0.05, 0) is 36.8 Å². The average Bonchev–Trinajstić information content (AvgIpc) is 2.82. The van der Waals surface area contributed by atoms with Crippen LogP contribution in [0.5, 0.6) is 0 Å². The molecule has 1 heterocycles. The van der Waals surface area contributed by atoms with Crippen molar-refractivity contribution in [3.8, 4) is 0 Å². The van der Waals surface area contributed by atoms with Crippen molar-refractivity contribution in [3.05, 3.63) is 51.8 Å². The maximum Gasteiger partial charge on any atom is 0.0490 e. The van der Waals surface area contributed by atoms with Gasteiger partial charge < -0.3 is 5.32 Å². The van der Waals surface area contributed by atoms with E-state index in [2.05, 4.69) is 15.5 Å². The van der Waals surface area contributed by atoms with E-state index in [1.54, 1.807) is 12.3 Å². The summed E-state index contributed by atoms with van der Waals surface area (Å²) in [7, 11) is 0. The first-order valence-corrected chi connectivity index (χ1v) is 6.09. The van der Waals surface area contributed by atoms with Gasteiger partial charge in [-0.25, -0.2) is 0 Å². The largest absolute Gasteiger partial charge is 0.305 e. The Morgan fingerprint density at radius 3 is 2.88 bits per heavy atom. The van der Waals surface area contributed by atoms with Gasteiger partial charge in [0.25, 0.3) is 0 Å². The predicted octanol–water partition coefficient (Wildman–Crippen LogP) is 3.57. The molecule has 0 amide bonds. The number of halogens is 2. The molecular weight excluding hydrogens is 257 g/mol. The van der Waals surface area contributed by atoms with Gasteiger partial charge in [0.15, 0.2) is 0 Å². The molecule has 5 heteroatoms. The minimum Gasteiger partial charge on any atom is -0.305 e. The Balaban J connectivity index is 2.04. The summed E-state index contributed by atoms with van der Waals surface area (Å²) in [4.78, 5) is 0. The molecule has 0 aliphatic rings. The number of benzene rings is 1. The van der Waals surface area contributed by atoms with E-state index >= 15 is 0 Å². The van der Waals surface area contributed by atoms with Crippen LogP contribution in [0.4, 0.5) is 0 Å². The van der Waals surface area contributed by atoms with Gasteiger partial charge in [0.2, 0.25) is 0 Å². The van der Waals surface area contributed by atoms with Crippen molar-refractivity contribution >= 4 is 23.2 Å². The lowest BCUT2D eigenvalue weighted by Crippen LogP contribution is -2.18. The van der Waals surface area contributed by atoms with E-state index < -0.39 is 0 Å². The summed E-state index contributed by atoms with van der Waals surface area (Å²) in [6.07, 6.45) is 1.73. The van der Waals surface area contributed by atoms with E-state index in [4.69, 9.17) is 23.2 Å². The topological polar surface area (TPSA) is 40.7 Å². The normalized spacial score (nSPS) is 12.6. The van der Waals surface area contributed by atoms with Crippen LogP contribution in [0.1, 0.15) is 24.2 Å². The molecule has 2 aromatic rings. The minimum absolute atomic E-state index is 0.129. The number of hydrogen-bond donors (Lipinski definition) is 2. The first-order chi connectivity index (χ1) is 8.16. The van der Waals surface area contributed by atoms with Crippen LogP contribution in [0.25, 0.3) is 0 Å². The van der Waals surface area contributed by atoms with Crippen molar-refractivity contribution in [3.63, 3.8) is 0 Å². The molecule has 0 saturated heterocycles. The summed E-state index contributed by atoms with van der Waals surface area (Å²) in [5.74, 6) is 0. The van der Waals surface area contributed by atoms with Gasteiger partial charge in [-0.15, -0.1) is 0 Å². The predicted molar refractivity (Wildman–Crippen MR) is 70.3 cm³/mol. The lowest BCUT2D eigenvalue weighted by Gasteiger charge is -2.15. The first-order valence-electron chi connectivity index (χ1n) is 5.33. The van der Waals surface area contributed by atoms with Gasteiger partial charge >= 0.3 is 0 Å². The van der Waals surface area contributed by atoms with Crippen LogP contribution in [0.2, 0.25) is 10.0 Å². The van der Waals surface area contributed by atoms with Gasteiger partial charge in [-0.3, -0.25) is 5.10 Å². The molecule has 0 radical (unpaired) electrons. The Morgan fingerprint density at radius 2 is 2.18 bits per heavy atom. The summed E-state index contributed by atoms with van der Waals surface area (Å²) in [5.41, 5.74) is 2.04. The standard InChI is InChI=1S/C12H13Cl2N3/c1-8(15-7-10-4-5-16-17-10)11-6-9(13)2-3-12(11)14/h2-6,8,15H,7H2,1H3,(H,16,17). The number of aromatic amines is 1. The highest BCUT2D eigenvalue weighted by Crippen LogP contribution is 2.26. The van der Waals surface area contributed by atoms with E-state index in [9.17, 15) is 0 Å². The zero-order valence-corrected chi connectivity index (χ0v) is 10.9. The molecule has 2 rings (SSSR count). The molecule has 1 atom stereocenters. The van der Waals surface area contributed by atoms with Gasteiger partial charge in [0.05, 0.1) is 0 Å². The van der Waals surface area contributed by atoms with E-state index in [1.165, 1.54) is 0 Å². The number of H-pyrrole nitrogens is 1. The number of nitrogens with zero attached hydrogens (tertiary/aromatic N) is 1. The molecule has 2 N–H and O–H groups in total. The summed E-state index contributed by atoms with van der Waals surface area (Å²) >= 11 is 12.1. The maximum atomic E-state index is 6.13. The van der Waals surface area contributed by atoms with Crippen LogP contribution >= 0.6 is 23.2 Å². The Labute approximate surface area is 110 Å². The van der Waals surface area contributed by atoms with Crippen molar-refractivity contribution in [2.24, 2.45) is 0 Å². The van der Waals surface area contributed by atoms with Crippen molar-refractivity contribution in [2.45, 2.75) is 19.5 Å². The molecular formula is C12H13Cl2N3. The second-order valence-corrected chi connectivity index (χ2v) is 4.69. The van der Waals surface area contributed by atoms with Crippen LogP contribution < -0.4 is 5.32 Å². The summed E-state index contributed by atoms with van der Waals surface area (Å²) in [5, 5.41) is 11.6. The van der Waals surface area contributed by atoms with Gasteiger partial charge in [0.1, 0.15) is 0 Å². The van der Waals surface area contributed by atoms with Crippen molar-refractivity contribution in [1.82, 2.24) is 15.5 Å². The Kier molecular flexibility index (Phi) is 4.05. The van der Waals surface area contributed by atoms with Crippen LogP contribution in [0.15, 0.2) is 30.5 Å². The minimum atomic E-state index is 0.129. The highest BCUT2D eigenvalue weighted by atomic mass is 35.5. The van der Waals surface area contributed by atoms with E-state index in [1.807, 2.05) is 25.1 Å². The molecule has 0 fully saturated rings. The van der Waals surface area contributed by atoms with Crippen molar-refractivity contribution < 1.29 is 0 Å². The number of hydrogen-bond acceptors (Lipinski definition) is 2. The molecule has 90 valence electrons. The Morgan fingerprint density at radius 1 is 1.35 bits per heavy atom. The average molecular weight is 270 g/mol. The third kappa shape index (κ3) is 3.22. The Hall–Kier alpha value is -1.03. The molecule has 0 spiro atoms. The molecule has 0 aliphatic carbocycles. The fourth-order valence-electron chi connectivity index (χ4n) is 1.60. The van der Waals surface area contributed by atoms with Crippen LogP contribution in [0, 0.1) is 0 Å². The molecule has 3 nitrogen and oxygen atoms in total. The highest BCUT2D eigenvalue weighted by Gasteiger charge is 2.10. The number of aromatic nitrogens is 2. The molecule has 0 saturated carbocycles. The number of rotatable bonds is 4. The number of nitrogens with one attached hydrogen (secondary N) is 2.